The molecule has 27 heavy (non-hydrogen) atoms. The number of nitrogens with zero attached hydrogens (tertiary/aromatic N) is 3. The third-order valence-electron chi connectivity index (χ3n) is 4.01. The van der Waals surface area contributed by atoms with Crippen LogP contribution in [0.2, 0.25) is 0 Å². The molecular formula is C19H15FN4O2S. The summed E-state index contributed by atoms with van der Waals surface area (Å²) in [4.78, 5) is 16.4. The van der Waals surface area contributed by atoms with E-state index in [2.05, 4.69) is 10.1 Å². The minimum atomic E-state index is -0.501. The van der Waals surface area contributed by atoms with Gasteiger partial charge >= 0.3 is 0 Å². The molecule has 1 aromatic heterocycles. The van der Waals surface area contributed by atoms with Crippen molar-refractivity contribution < 1.29 is 13.6 Å². The number of amidine groups is 2. The average Bonchev–Trinajstić information content (AvgIpc) is 3.26. The lowest BCUT2D eigenvalue weighted by atomic mass is 10.1. The van der Waals surface area contributed by atoms with Gasteiger partial charge in [-0.05, 0) is 54.2 Å². The molecule has 2 aliphatic heterocycles. The number of hydrazone groups is 1. The lowest BCUT2D eigenvalue weighted by molar-refractivity contribution is -0.114. The van der Waals surface area contributed by atoms with Gasteiger partial charge in [-0.3, -0.25) is 10.2 Å². The Labute approximate surface area is 159 Å². The summed E-state index contributed by atoms with van der Waals surface area (Å²) in [5.74, 6) is 0.263. The number of furan rings is 1. The van der Waals surface area contributed by atoms with Gasteiger partial charge in [0.15, 0.2) is 5.84 Å². The Morgan fingerprint density at radius 2 is 1.96 bits per heavy atom. The van der Waals surface area contributed by atoms with E-state index in [1.54, 1.807) is 24.3 Å². The first-order valence-corrected chi connectivity index (χ1v) is 9.10. The Bertz CT molecular complexity index is 1030. The van der Waals surface area contributed by atoms with Crippen LogP contribution in [0.25, 0.3) is 17.4 Å². The molecule has 3 heterocycles. The maximum Gasteiger partial charge on any atom is 0.283 e. The van der Waals surface area contributed by atoms with Crippen LogP contribution in [-0.4, -0.2) is 27.0 Å². The molecule has 0 unspecified atom stereocenters. The molecule has 0 aliphatic carbocycles. The molecule has 0 saturated carbocycles. The van der Waals surface area contributed by atoms with Crippen molar-refractivity contribution in [1.29, 1.82) is 5.41 Å². The third-order valence-corrected chi connectivity index (χ3v) is 5.22. The molecule has 0 saturated heterocycles. The van der Waals surface area contributed by atoms with Crippen LogP contribution in [0.4, 0.5) is 4.39 Å². The number of amides is 1. The summed E-state index contributed by atoms with van der Waals surface area (Å²) in [6.07, 6.45) is 1.48. The molecule has 4 rings (SSSR count). The minimum Gasteiger partial charge on any atom is -0.457 e. The second kappa shape index (κ2) is 6.62. The van der Waals surface area contributed by atoms with Crippen molar-refractivity contribution in [3.63, 3.8) is 0 Å². The van der Waals surface area contributed by atoms with E-state index in [9.17, 15) is 9.18 Å². The number of benzene rings is 1. The van der Waals surface area contributed by atoms with Crippen LogP contribution in [0.3, 0.4) is 0 Å². The van der Waals surface area contributed by atoms with E-state index < -0.39 is 5.91 Å². The summed E-state index contributed by atoms with van der Waals surface area (Å²) in [6, 6.07) is 9.33. The number of aliphatic imine (C=N–C) groups is 1. The lowest BCUT2D eigenvalue weighted by Gasteiger charge is -2.19. The van der Waals surface area contributed by atoms with Crippen LogP contribution in [0.15, 0.2) is 56.5 Å². The highest BCUT2D eigenvalue weighted by Gasteiger charge is 2.36. The molecule has 8 heteroatoms. The van der Waals surface area contributed by atoms with Crippen molar-refractivity contribution in [2.24, 2.45) is 16.0 Å². The van der Waals surface area contributed by atoms with Crippen molar-refractivity contribution >= 4 is 39.8 Å². The van der Waals surface area contributed by atoms with Gasteiger partial charge in [0, 0.05) is 11.5 Å². The predicted molar refractivity (Wildman–Crippen MR) is 104 cm³/mol. The SMILES string of the molecule is CC(C)C1=NN2C(=N)/C(=C\c3ccc(-c4ccc(F)cc4)o3)C(=O)N=C2S1. The monoisotopic (exact) mass is 382 g/mol. The van der Waals surface area contributed by atoms with E-state index in [-0.39, 0.29) is 23.1 Å². The van der Waals surface area contributed by atoms with Crippen LogP contribution in [0, 0.1) is 17.1 Å². The van der Waals surface area contributed by atoms with E-state index >= 15 is 0 Å². The number of carbonyl (C=O) groups is 1. The summed E-state index contributed by atoms with van der Waals surface area (Å²) in [6.45, 7) is 3.99. The van der Waals surface area contributed by atoms with Crippen molar-refractivity contribution in [1.82, 2.24) is 5.01 Å². The maximum absolute atomic E-state index is 13.1. The van der Waals surface area contributed by atoms with Crippen molar-refractivity contribution in [2.75, 3.05) is 0 Å². The smallest absolute Gasteiger partial charge is 0.283 e. The zero-order chi connectivity index (χ0) is 19.1. The Morgan fingerprint density at radius 3 is 2.67 bits per heavy atom. The zero-order valence-corrected chi connectivity index (χ0v) is 15.4. The Balaban J connectivity index is 1.64. The average molecular weight is 382 g/mol. The molecule has 0 fully saturated rings. The number of fused-ring (bicyclic) bond motifs is 1. The van der Waals surface area contributed by atoms with E-state index in [4.69, 9.17) is 9.83 Å². The van der Waals surface area contributed by atoms with Crippen molar-refractivity contribution in [3.05, 3.63) is 53.5 Å². The second-order valence-corrected chi connectivity index (χ2v) is 7.31. The Morgan fingerprint density at radius 1 is 1.22 bits per heavy atom. The first-order chi connectivity index (χ1) is 12.9. The number of hydrogen-bond donors (Lipinski definition) is 1. The standard InChI is InChI=1S/C19H15FN4O2S/c1-10(2)18-23-24-16(21)14(17(25)22-19(24)27-18)9-13-7-8-15(26-13)11-3-5-12(20)6-4-11/h3-10,21H,1-2H3/b14-9+,21-16?. The molecule has 0 atom stereocenters. The van der Waals surface area contributed by atoms with E-state index in [0.717, 1.165) is 5.04 Å². The molecule has 2 aliphatic rings. The lowest BCUT2D eigenvalue weighted by Crippen LogP contribution is -2.35. The van der Waals surface area contributed by atoms with Crippen LogP contribution >= 0.6 is 11.8 Å². The summed E-state index contributed by atoms with van der Waals surface area (Å²) in [5.41, 5.74) is 0.821. The topological polar surface area (TPSA) is 82.0 Å². The zero-order valence-electron chi connectivity index (χ0n) is 14.6. The van der Waals surface area contributed by atoms with Gasteiger partial charge in [-0.25, -0.2) is 4.39 Å². The van der Waals surface area contributed by atoms with Gasteiger partial charge in [-0.2, -0.15) is 15.1 Å². The molecule has 2 aromatic rings. The highest BCUT2D eigenvalue weighted by Crippen LogP contribution is 2.31. The highest BCUT2D eigenvalue weighted by atomic mass is 32.2. The molecule has 6 nitrogen and oxygen atoms in total. The van der Waals surface area contributed by atoms with Gasteiger partial charge in [0.2, 0.25) is 5.17 Å². The summed E-state index contributed by atoms with van der Waals surface area (Å²) < 4.78 is 18.8. The van der Waals surface area contributed by atoms with E-state index in [0.29, 0.717) is 22.3 Å². The van der Waals surface area contributed by atoms with Gasteiger partial charge in [-0.1, -0.05) is 13.8 Å². The van der Waals surface area contributed by atoms with Gasteiger partial charge in [0.25, 0.3) is 5.91 Å². The van der Waals surface area contributed by atoms with E-state index in [1.165, 1.54) is 35.0 Å². The number of halogens is 1. The van der Waals surface area contributed by atoms with E-state index in [1.807, 2.05) is 13.8 Å². The first-order valence-electron chi connectivity index (χ1n) is 8.28. The number of rotatable bonds is 3. The summed E-state index contributed by atoms with van der Waals surface area (Å²) in [5, 5.41) is 15.3. The van der Waals surface area contributed by atoms with Crippen LogP contribution in [-0.2, 0) is 4.79 Å². The number of thioether (sulfide) groups is 1. The molecule has 0 bridgehead atoms. The molecule has 1 aromatic carbocycles. The van der Waals surface area contributed by atoms with Crippen molar-refractivity contribution in [2.45, 2.75) is 13.8 Å². The fraction of sp³-hybridized carbons (Fsp3) is 0.158. The highest BCUT2D eigenvalue weighted by molar-refractivity contribution is 8.27. The van der Waals surface area contributed by atoms with Crippen molar-refractivity contribution in [3.8, 4) is 11.3 Å². The number of carbonyl (C=O) groups excluding carboxylic acids is 1. The normalized spacial score (nSPS) is 18.2. The fourth-order valence-electron chi connectivity index (χ4n) is 2.58. The van der Waals surface area contributed by atoms with Gasteiger partial charge in [0.05, 0.1) is 5.57 Å². The van der Waals surface area contributed by atoms with Gasteiger partial charge < -0.3 is 4.42 Å². The largest absolute Gasteiger partial charge is 0.457 e. The molecule has 0 radical (unpaired) electrons. The Kier molecular flexibility index (Phi) is 4.27. The molecule has 1 amide bonds. The van der Waals surface area contributed by atoms with Crippen LogP contribution in [0.5, 0.6) is 0 Å². The summed E-state index contributed by atoms with van der Waals surface area (Å²) in [7, 11) is 0. The Hall–Kier alpha value is -3.00. The van der Waals surface area contributed by atoms with Gasteiger partial charge in [0.1, 0.15) is 22.4 Å². The number of nitrogens with one attached hydrogen (secondary N) is 1. The van der Waals surface area contributed by atoms with Gasteiger partial charge in [-0.15, -0.1) is 0 Å². The van der Waals surface area contributed by atoms with Crippen LogP contribution in [0.1, 0.15) is 19.6 Å². The summed E-state index contributed by atoms with van der Waals surface area (Å²) >= 11 is 1.30. The quantitative estimate of drug-likeness (QED) is 0.800. The third kappa shape index (κ3) is 3.23. The minimum absolute atomic E-state index is 0.0344. The number of hydrogen-bond acceptors (Lipinski definition) is 5. The first kappa shape index (κ1) is 17.4. The van der Waals surface area contributed by atoms with Crippen LogP contribution < -0.4 is 0 Å². The fourth-order valence-corrected chi connectivity index (χ4v) is 3.47. The maximum atomic E-state index is 13.1. The second-order valence-electron chi connectivity index (χ2n) is 6.32. The predicted octanol–water partition coefficient (Wildman–Crippen LogP) is 4.36. The molecule has 136 valence electrons. The molecular weight excluding hydrogens is 367 g/mol. The molecule has 0 spiro atoms. The molecule has 1 N–H and O–H groups in total.